The van der Waals surface area contributed by atoms with Crippen molar-refractivity contribution in [1.82, 2.24) is 4.90 Å². The van der Waals surface area contributed by atoms with E-state index in [1.165, 1.54) is 47.6 Å². The molecule has 186 valence electrons. The molecule has 5 rings (SSSR count). The van der Waals surface area contributed by atoms with Gasteiger partial charge in [0, 0.05) is 12.1 Å². The molecular weight excluding hydrogens is 474 g/mol. The molecule has 0 radical (unpaired) electrons. The second kappa shape index (κ2) is 9.39. The first-order chi connectivity index (χ1) is 17.8. The molecule has 0 spiro atoms. The number of rotatable bonds is 6. The summed E-state index contributed by atoms with van der Waals surface area (Å²) in [5.74, 6) is -0.821. The molecule has 0 N–H and O–H groups in total. The number of carbonyl (C=O) groups excluding carboxylic acids is 3. The third kappa shape index (κ3) is 4.38. The van der Waals surface area contributed by atoms with Crippen LogP contribution in [0.3, 0.4) is 0 Å². The standard InChI is InChI=1S/C29H23NO7/c1-4-17(3)30-27(32)21-10-8-18(13-23(21)28(30)33)29(34)37-20-9-11-22-24(14-20)35-15-25(26(22)31)36-19-7-5-6-16(2)12-19/h5-15,17H,4H2,1-3H3/t17-/m0/s1. The van der Waals surface area contributed by atoms with E-state index in [4.69, 9.17) is 13.9 Å². The van der Waals surface area contributed by atoms with Crippen LogP contribution in [0.1, 0.15) is 56.9 Å². The van der Waals surface area contributed by atoms with E-state index >= 15 is 0 Å². The lowest BCUT2D eigenvalue weighted by molar-refractivity contribution is 0.0593. The van der Waals surface area contributed by atoms with Crippen molar-refractivity contribution in [2.75, 3.05) is 0 Å². The Morgan fingerprint density at radius 2 is 1.73 bits per heavy atom. The molecule has 37 heavy (non-hydrogen) atoms. The fourth-order valence-electron chi connectivity index (χ4n) is 4.17. The fraction of sp³-hybridized carbons (Fsp3) is 0.172. The highest BCUT2D eigenvalue weighted by molar-refractivity contribution is 6.22. The lowest BCUT2D eigenvalue weighted by atomic mass is 10.1. The van der Waals surface area contributed by atoms with Gasteiger partial charge in [-0.15, -0.1) is 0 Å². The maximum Gasteiger partial charge on any atom is 0.343 e. The molecule has 0 aliphatic carbocycles. The molecule has 1 aromatic heterocycles. The second-order valence-electron chi connectivity index (χ2n) is 8.89. The predicted octanol–water partition coefficient (Wildman–Crippen LogP) is 5.51. The molecule has 0 saturated heterocycles. The van der Waals surface area contributed by atoms with Crippen LogP contribution in [0, 0.1) is 6.92 Å². The molecule has 3 aromatic carbocycles. The quantitative estimate of drug-likeness (QED) is 0.197. The molecule has 8 heteroatoms. The number of nitrogens with zero attached hydrogens (tertiary/aromatic N) is 1. The summed E-state index contributed by atoms with van der Waals surface area (Å²) in [5, 5.41) is 0.261. The average molecular weight is 498 g/mol. The molecule has 8 nitrogen and oxygen atoms in total. The van der Waals surface area contributed by atoms with Crippen molar-refractivity contribution in [2.45, 2.75) is 33.2 Å². The minimum absolute atomic E-state index is 0.0339. The average Bonchev–Trinajstić information content (AvgIpc) is 3.14. The van der Waals surface area contributed by atoms with Crippen LogP contribution in [0.15, 0.2) is 76.1 Å². The SMILES string of the molecule is CC[C@H](C)N1C(=O)c2ccc(C(=O)Oc3ccc4c(=O)c(Oc5cccc(C)c5)coc4c3)cc2C1=O. The Labute approximate surface area is 212 Å². The van der Waals surface area contributed by atoms with Gasteiger partial charge in [0.2, 0.25) is 11.2 Å². The Morgan fingerprint density at radius 3 is 2.49 bits per heavy atom. The number of ether oxygens (including phenoxy) is 2. The third-order valence-corrected chi connectivity index (χ3v) is 6.33. The van der Waals surface area contributed by atoms with Crippen LogP contribution >= 0.6 is 0 Å². The van der Waals surface area contributed by atoms with Gasteiger partial charge in [-0.1, -0.05) is 19.1 Å². The summed E-state index contributed by atoms with van der Waals surface area (Å²) < 4.78 is 16.7. The number of esters is 1. The summed E-state index contributed by atoms with van der Waals surface area (Å²) in [6.07, 6.45) is 1.84. The summed E-state index contributed by atoms with van der Waals surface area (Å²) in [6.45, 7) is 5.60. The second-order valence-corrected chi connectivity index (χ2v) is 8.89. The van der Waals surface area contributed by atoms with Gasteiger partial charge in [0.1, 0.15) is 23.3 Å². The van der Waals surface area contributed by atoms with Crippen molar-refractivity contribution in [2.24, 2.45) is 0 Å². The maximum absolute atomic E-state index is 12.9. The molecule has 1 atom stereocenters. The zero-order valence-corrected chi connectivity index (χ0v) is 20.4. The van der Waals surface area contributed by atoms with Gasteiger partial charge in [0.05, 0.1) is 22.1 Å². The minimum atomic E-state index is -0.717. The minimum Gasteiger partial charge on any atom is -0.460 e. The number of hydrogen-bond donors (Lipinski definition) is 0. The summed E-state index contributed by atoms with van der Waals surface area (Å²) in [6, 6.07) is 15.7. The van der Waals surface area contributed by atoms with Crippen molar-refractivity contribution in [1.29, 1.82) is 0 Å². The third-order valence-electron chi connectivity index (χ3n) is 6.33. The van der Waals surface area contributed by atoms with Crippen LogP contribution in [0.2, 0.25) is 0 Å². The first-order valence-electron chi connectivity index (χ1n) is 11.8. The first kappa shape index (κ1) is 24.0. The highest BCUT2D eigenvalue weighted by Crippen LogP contribution is 2.28. The van der Waals surface area contributed by atoms with Gasteiger partial charge >= 0.3 is 5.97 Å². The van der Waals surface area contributed by atoms with Gasteiger partial charge in [0.25, 0.3) is 11.8 Å². The molecule has 1 aliphatic rings. The van der Waals surface area contributed by atoms with Crippen molar-refractivity contribution < 1.29 is 28.3 Å². The molecule has 0 bridgehead atoms. The molecular formula is C29H23NO7. The van der Waals surface area contributed by atoms with Crippen LogP contribution in [0.5, 0.6) is 17.2 Å². The van der Waals surface area contributed by atoms with E-state index in [-0.39, 0.29) is 56.5 Å². The molecule has 0 saturated carbocycles. The van der Waals surface area contributed by atoms with Crippen LogP contribution in [0.4, 0.5) is 0 Å². The number of benzene rings is 3. The molecule has 1 aliphatic heterocycles. The molecule has 0 unspecified atom stereocenters. The van der Waals surface area contributed by atoms with E-state index in [0.29, 0.717) is 12.2 Å². The van der Waals surface area contributed by atoms with Gasteiger partial charge < -0.3 is 13.9 Å². The first-order valence-corrected chi connectivity index (χ1v) is 11.8. The van der Waals surface area contributed by atoms with E-state index in [0.717, 1.165) is 5.56 Å². The monoisotopic (exact) mass is 497 g/mol. The Bertz CT molecular complexity index is 1640. The summed E-state index contributed by atoms with van der Waals surface area (Å²) in [5.41, 5.74) is 1.39. The van der Waals surface area contributed by atoms with Gasteiger partial charge in [-0.05, 0) is 68.3 Å². The van der Waals surface area contributed by atoms with Crippen molar-refractivity contribution in [3.05, 3.63) is 99.4 Å². The van der Waals surface area contributed by atoms with E-state index in [1.54, 1.807) is 19.1 Å². The molecule has 4 aromatic rings. The van der Waals surface area contributed by atoms with Crippen LogP contribution in [-0.4, -0.2) is 28.7 Å². The van der Waals surface area contributed by atoms with Crippen LogP contribution in [-0.2, 0) is 0 Å². The van der Waals surface area contributed by atoms with E-state index in [9.17, 15) is 19.2 Å². The van der Waals surface area contributed by atoms with Crippen molar-refractivity contribution in [3.8, 4) is 17.2 Å². The molecule has 0 fully saturated rings. The maximum atomic E-state index is 12.9. The van der Waals surface area contributed by atoms with Crippen LogP contribution in [0.25, 0.3) is 11.0 Å². The highest BCUT2D eigenvalue weighted by Gasteiger charge is 2.38. The lowest BCUT2D eigenvalue weighted by Crippen LogP contribution is -2.37. The van der Waals surface area contributed by atoms with E-state index in [2.05, 4.69) is 0 Å². The van der Waals surface area contributed by atoms with E-state index in [1.807, 2.05) is 26.0 Å². The Hall–Kier alpha value is -4.72. The summed E-state index contributed by atoms with van der Waals surface area (Å²) >= 11 is 0. The van der Waals surface area contributed by atoms with Gasteiger partial charge in [-0.3, -0.25) is 19.3 Å². The van der Waals surface area contributed by atoms with Gasteiger partial charge in [0.15, 0.2) is 0 Å². The smallest absolute Gasteiger partial charge is 0.343 e. The van der Waals surface area contributed by atoms with Gasteiger partial charge in [-0.2, -0.15) is 0 Å². The largest absolute Gasteiger partial charge is 0.460 e. The number of amides is 2. The number of aryl methyl sites for hydroxylation is 1. The van der Waals surface area contributed by atoms with Crippen molar-refractivity contribution in [3.63, 3.8) is 0 Å². The number of fused-ring (bicyclic) bond motifs is 2. The predicted molar refractivity (Wildman–Crippen MR) is 135 cm³/mol. The van der Waals surface area contributed by atoms with Crippen LogP contribution < -0.4 is 14.9 Å². The summed E-state index contributed by atoms with van der Waals surface area (Å²) in [4.78, 5) is 52.3. The molecule has 2 amide bonds. The summed E-state index contributed by atoms with van der Waals surface area (Å²) in [7, 11) is 0. The van der Waals surface area contributed by atoms with Crippen molar-refractivity contribution >= 4 is 28.8 Å². The zero-order chi connectivity index (χ0) is 26.3. The van der Waals surface area contributed by atoms with Gasteiger partial charge in [-0.25, -0.2) is 4.79 Å². The van der Waals surface area contributed by atoms with E-state index < -0.39 is 11.9 Å². The normalized spacial score (nSPS) is 13.5. The number of carbonyl (C=O) groups is 3. The topological polar surface area (TPSA) is 103 Å². The Balaban J connectivity index is 1.37. The Kier molecular flexibility index (Phi) is 6.09. The zero-order valence-electron chi connectivity index (χ0n) is 20.4. The molecule has 2 heterocycles. The Morgan fingerprint density at radius 1 is 0.946 bits per heavy atom. The lowest BCUT2D eigenvalue weighted by Gasteiger charge is -2.20. The fourth-order valence-corrected chi connectivity index (χ4v) is 4.17. The number of hydrogen-bond acceptors (Lipinski definition) is 7. The highest BCUT2D eigenvalue weighted by atomic mass is 16.5. The number of imide groups is 1.